The monoisotopic (exact) mass is 371 g/mol. The highest BCUT2D eigenvalue weighted by atomic mass is 32.2. The lowest BCUT2D eigenvalue weighted by atomic mass is 10.0. The molecule has 1 amide bonds. The number of rotatable bonds is 7. The van der Waals surface area contributed by atoms with E-state index in [1.54, 1.807) is 24.1 Å². The third-order valence-electron chi connectivity index (χ3n) is 4.44. The van der Waals surface area contributed by atoms with Crippen molar-refractivity contribution in [3.63, 3.8) is 0 Å². The van der Waals surface area contributed by atoms with Gasteiger partial charge in [-0.3, -0.25) is 4.79 Å². The summed E-state index contributed by atoms with van der Waals surface area (Å²) in [4.78, 5) is 14.0. The number of nitrogens with one attached hydrogen (secondary N) is 1. The molecule has 0 saturated carbocycles. The number of hydrogen-bond donors (Lipinski definition) is 1. The Balaban J connectivity index is 1.89. The zero-order chi connectivity index (χ0) is 18.4. The van der Waals surface area contributed by atoms with E-state index >= 15 is 0 Å². The lowest BCUT2D eigenvalue weighted by molar-refractivity contribution is 0.0706. The van der Waals surface area contributed by atoms with E-state index in [1.807, 2.05) is 6.92 Å². The Hall–Kier alpha value is -1.51. The molecule has 0 aliphatic carbocycles. The topological polar surface area (TPSA) is 69.7 Å². The Morgan fingerprint density at radius 1 is 1.32 bits per heavy atom. The number of nitrogens with zero attached hydrogens (tertiary/aromatic N) is 2. The molecule has 0 spiro atoms. The fraction of sp³-hybridized carbons (Fsp3) is 0.588. The Labute approximate surface area is 149 Å². The summed E-state index contributed by atoms with van der Waals surface area (Å²) < 4.78 is 42.3. The number of benzene rings is 1. The second kappa shape index (κ2) is 8.73. The third kappa shape index (κ3) is 5.23. The van der Waals surface area contributed by atoms with Crippen LogP contribution >= 0.6 is 0 Å². The summed E-state index contributed by atoms with van der Waals surface area (Å²) in [5, 5.41) is 0. The molecule has 140 valence electrons. The Morgan fingerprint density at radius 2 is 1.96 bits per heavy atom. The van der Waals surface area contributed by atoms with Crippen molar-refractivity contribution in [2.75, 3.05) is 26.7 Å². The maximum atomic E-state index is 13.7. The molecule has 0 bridgehead atoms. The van der Waals surface area contributed by atoms with Crippen LogP contribution in [-0.2, 0) is 10.2 Å². The van der Waals surface area contributed by atoms with Gasteiger partial charge < -0.3 is 4.90 Å². The zero-order valence-electron chi connectivity index (χ0n) is 14.7. The fourth-order valence-corrected chi connectivity index (χ4v) is 4.01. The van der Waals surface area contributed by atoms with Crippen molar-refractivity contribution in [3.05, 3.63) is 35.6 Å². The largest absolute Gasteiger partial charge is 0.338 e. The van der Waals surface area contributed by atoms with Crippen LogP contribution in [0.25, 0.3) is 0 Å². The van der Waals surface area contributed by atoms with Gasteiger partial charge in [0.25, 0.3) is 16.1 Å². The highest BCUT2D eigenvalue weighted by Gasteiger charge is 2.28. The molecule has 25 heavy (non-hydrogen) atoms. The Morgan fingerprint density at radius 3 is 2.56 bits per heavy atom. The minimum Gasteiger partial charge on any atom is -0.338 e. The van der Waals surface area contributed by atoms with E-state index in [0.29, 0.717) is 32.5 Å². The van der Waals surface area contributed by atoms with Crippen LogP contribution in [0.4, 0.5) is 4.39 Å². The summed E-state index contributed by atoms with van der Waals surface area (Å²) in [6.45, 7) is 3.30. The van der Waals surface area contributed by atoms with Gasteiger partial charge in [-0.15, -0.1) is 0 Å². The van der Waals surface area contributed by atoms with Crippen LogP contribution in [0.3, 0.4) is 0 Å². The molecule has 1 aromatic carbocycles. The molecule has 1 heterocycles. The lowest BCUT2D eigenvalue weighted by Gasteiger charge is -2.33. The smallest absolute Gasteiger partial charge is 0.279 e. The molecule has 0 radical (unpaired) electrons. The summed E-state index contributed by atoms with van der Waals surface area (Å²) >= 11 is 0. The number of carbonyl (C=O) groups is 1. The highest BCUT2D eigenvalue weighted by Crippen LogP contribution is 2.17. The normalized spacial score (nSPS) is 16.4. The van der Waals surface area contributed by atoms with Crippen LogP contribution < -0.4 is 4.72 Å². The fourth-order valence-electron chi connectivity index (χ4n) is 2.81. The van der Waals surface area contributed by atoms with Gasteiger partial charge in [-0.05, 0) is 31.4 Å². The van der Waals surface area contributed by atoms with Gasteiger partial charge in [0.05, 0.1) is 5.56 Å². The standard InChI is InChI=1S/C17H26FN3O3S/c1-3-4-11-20(2)25(23,24)19-14-9-12-21(13-10-14)17(22)15-7-5-6-8-16(15)18/h5-8,14,19H,3-4,9-13H2,1-2H3. The minimum absolute atomic E-state index is 0.0563. The van der Waals surface area contributed by atoms with Crippen molar-refractivity contribution in [1.82, 2.24) is 13.9 Å². The molecule has 0 unspecified atom stereocenters. The number of carbonyl (C=O) groups excluding carboxylic acids is 1. The quantitative estimate of drug-likeness (QED) is 0.797. The molecule has 1 aromatic rings. The van der Waals surface area contributed by atoms with Gasteiger partial charge in [0.1, 0.15) is 5.82 Å². The van der Waals surface area contributed by atoms with Gasteiger partial charge in [-0.25, -0.2) is 4.39 Å². The average molecular weight is 371 g/mol. The van der Waals surface area contributed by atoms with E-state index in [4.69, 9.17) is 0 Å². The maximum absolute atomic E-state index is 13.7. The zero-order valence-corrected chi connectivity index (χ0v) is 15.6. The number of unbranched alkanes of at least 4 members (excludes halogenated alkanes) is 1. The number of likely N-dealkylation sites (tertiary alicyclic amines) is 1. The average Bonchev–Trinajstić information content (AvgIpc) is 2.59. The van der Waals surface area contributed by atoms with Gasteiger partial charge in [0.2, 0.25) is 0 Å². The lowest BCUT2D eigenvalue weighted by Crippen LogP contribution is -2.49. The molecular weight excluding hydrogens is 345 g/mol. The molecule has 1 N–H and O–H groups in total. The van der Waals surface area contributed by atoms with E-state index in [2.05, 4.69) is 4.72 Å². The Bertz CT molecular complexity index is 688. The molecule has 1 aliphatic rings. The van der Waals surface area contributed by atoms with E-state index in [9.17, 15) is 17.6 Å². The van der Waals surface area contributed by atoms with E-state index in [-0.39, 0.29) is 17.5 Å². The maximum Gasteiger partial charge on any atom is 0.279 e. The van der Waals surface area contributed by atoms with Crippen molar-refractivity contribution in [2.24, 2.45) is 0 Å². The van der Waals surface area contributed by atoms with Gasteiger partial charge in [0.15, 0.2) is 0 Å². The van der Waals surface area contributed by atoms with Crippen molar-refractivity contribution in [1.29, 1.82) is 0 Å². The first-order valence-electron chi connectivity index (χ1n) is 8.62. The van der Waals surface area contributed by atoms with Crippen LogP contribution in [-0.4, -0.2) is 56.3 Å². The molecule has 0 aromatic heterocycles. The summed E-state index contributed by atoms with van der Waals surface area (Å²) in [5.41, 5.74) is 0.0563. The van der Waals surface area contributed by atoms with Crippen molar-refractivity contribution in [2.45, 2.75) is 38.6 Å². The molecule has 0 atom stereocenters. The van der Waals surface area contributed by atoms with Crippen LogP contribution in [0, 0.1) is 5.82 Å². The van der Waals surface area contributed by atoms with Crippen LogP contribution in [0.1, 0.15) is 43.0 Å². The number of piperidine rings is 1. The molecule has 1 saturated heterocycles. The minimum atomic E-state index is -3.51. The molecule has 2 rings (SSSR count). The summed E-state index contributed by atoms with van der Waals surface area (Å²) in [6.07, 6.45) is 2.77. The summed E-state index contributed by atoms with van der Waals surface area (Å²) in [5.74, 6) is -0.882. The molecule has 8 heteroatoms. The van der Waals surface area contributed by atoms with E-state index in [1.165, 1.54) is 16.4 Å². The van der Waals surface area contributed by atoms with Crippen molar-refractivity contribution >= 4 is 16.1 Å². The second-order valence-corrected chi connectivity index (χ2v) is 8.15. The van der Waals surface area contributed by atoms with Gasteiger partial charge in [-0.1, -0.05) is 25.5 Å². The first kappa shape index (κ1) is 19.8. The van der Waals surface area contributed by atoms with Crippen LogP contribution in [0.2, 0.25) is 0 Å². The van der Waals surface area contributed by atoms with E-state index in [0.717, 1.165) is 12.8 Å². The predicted octanol–water partition coefficient (Wildman–Crippen LogP) is 2.00. The third-order valence-corrected chi connectivity index (χ3v) is 6.07. The van der Waals surface area contributed by atoms with Crippen molar-refractivity contribution in [3.8, 4) is 0 Å². The van der Waals surface area contributed by atoms with Crippen molar-refractivity contribution < 1.29 is 17.6 Å². The first-order valence-corrected chi connectivity index (χ1v) is 10.1. The van der Waals surface area contributed by atoms with Gasteiger partial charge in [0, 0.05) is 32.7 Å². The highest BCUT2D eigenvalue weighted by molar-refractivity contribution is 7.87. The Kier molecular flexibility index (Phi) is 6.92. The molecule has 1 aliphatic heterocycles. The number of hydrogen-bond acceptors (Lipinski definition) is 3. The van der Waals surface area contributed by atoms with Gasteiger partial charge in [-0.2, -0.15) is 17.4 Å². The predicted molar refractivity (Wildman–Crippen MR) is 94.9 cm³/mol. The van der Waals surface area contributed by atoms with Crippen LogP contribution in [0.5, 0.6) is 0 Å². The molecule has 6 nitrogen and oxygen atoms in total. The first-order chi connectivity index (χ1) is 11.8. The SMILES string of the molecule is CCCCN(C)S(=O)(=O)NC1CCN(C(=O)c2ccccc2F)CC1. The van der Waals surface area contributed by atoms with E-state index < -0.39 is 16.0 Å². The molecular formula is C17H26FN3O3S. The second-order valence-electron chi connectivity index (χ2n) is 6.34. The summed E-state index contributed by atoms with van der Waals surface area (Å²) in [7, 11) is -1.94. The van der Waals surface area contributed by atoms with Gasteiger partial charge >= 0.3 is 0 Å². The summed E-state index contributed by atoms with van der Waals surface area (Å²) in [6, 6.07) is 5.69. The van der Waals surface area contributed by atoms with Crippen LogP contribution in [0.15, 0.2) is 24.3 Å². The molecule has 1 fully saturated rings. The number of amides is 1. The number of halogens is 1.